The maximum atomic E-state index is 9.61. The van der Waals surface area contributed by atoms with Gasteiger partial charge in [-0.25, -0.2) is 0 Å². The average Bonchev–Trinajstić information content (AvgIpc) is 3.00. The third-order valence-electron chi connectivity index (χ3n) is 6.97. The molecule has 5 rings (SSSR count). The number of nitrogens with two attached hydrogens (primary N) is 2. The summed E-state index contributed by atoms with van der Waals surface area (Å²) < 4.78 is 0. The maximum Gasteiger partial charge on any atom is 0.142 e. The Morgan fingerprint density at radius 2 is 1.00 bits per heavy atom. The lowest BCUT2D eigenvalue weighted by Gasteiger charge is -2.26. The summed E-state index contributed by atoms with van der Waals surface area (Å²) in [4.78, 5) is 0. The van der Waals surface area contributed by atoms with Gasteiger partial charge in [0.15, 0.2) is 0 Å². The molecule has 0 saturated heterocycles. The molecule has 8 heteroatoms. The molecule has 45 heavy (non-hydrogen) atoms. The number of allylic oxidation sites excluding steroid dienone is 8. The number of phenols is 2. The van der Waals surface area contributed by atoms with Gasteiger partial charge in [0.25, 0.3) is 0 Å². The van der Waals surface area contributed by atoms with E-state index in [1.165, 1.54) is 5.56 Å². The summed E-state index contributed by atoms with van der Waals surface area (Å²) in [5, 5.41) is 47.2. The van der Waals surface area contributed by atoms with Crippen LogP contribution in [0, 0.1) is 21.6 Å². The molecule has 234 valence electrons. The molecule has 2 aliphatic carbocycles. The first-order chi connectivity index (χ1) is 21.1. The second-order valence-corrected chi connectivity index (χ2v) is 11.8. The lowest BCUT2D eigenvalue weighted by molar-refractivity contribution is 0.449. The first-order valence-corrected chi connectivity index (χ1v) is 14.3. The number of benzene rings is 3. The Bertz CT molecular complexity index is 1570. The van der Waals surface area contributed by atoms with Gasteiger partial charge in [-0.2, -0.15) is 0 Å². The minimum absolute atomic E-state index is 0.0561. The van der Waals surface area contributed by atoms with Gasteiger partial charge >= 0.3 is 0 Å². The predicted octanol–water partition coefficient (Wildman–Crippen LogP) is 7.88. The molecule has 0 fully saturated rings. The highest BCUT2D eigenvalue weighted by Gasteiger charge is 2.23. The maximum absolute atomic E-state index is 9.61. The van der Waals surface area contributed by atoms with Crippen molar-refractivity contribution in [1.29, 1.82) is 21.6 Å². The highest BCUT2D eigenvalue weighted by Crippen LogP contribution is 2.35. The standard InChI is InChI=1S/C15H17NO.C10H15NO.2C6H6N2/c1-15(2,11-6-4-3-5-7-11)12-8-9-14(17)13(16)10-12;1-10(2,3)7-5-4-6-8(11)9(7)12;2*7-5-3-1-2-4-6(5)8/h3-10,17H,16H2,1-2H3;4-6,12H,11H2,1-3H3;2*1-4,7-8H. The number of para-hydroxylation sites is 1. The molecule has 0 amide bonds. The quantitative estimate of drug-likeness (QED) is 0.0839. The van der Waals surface area contributed by atoms with E-state index in [1.54, 1.807) is 60.7 Å². The summed E-state index contributed by atoms with van der Waals surface area (Å²) >= 11 is 0. The van der Waals surface area contributed by atoms with Crippen molar-refractivity contribution in [3.63, 3.8) is 0 Å². The predicted molar refractivity (Wildman–Crippen MR) is 190 cm³/mol. The smallest absolute Gasteiger partial charge is 0.142 e. The lowest BCUT2D eigenvalue weighted by atomic mass is 9.78. The molecule has 0 bridgehead atoms. The number of phenolic OH excluding ortho intramolecular Hbond substituents is 2. The zero-order chi connectivity index (χ0) is 33.8. The van der Waals surface area contributed by atoms with Crippen LogP contribution in [0.4, 0.5) is 11.4 Å². The van der Waals surface area contributed by atoms with Crippen LogP contribution in [0.2, 0.25) is 0 Å². The SMILES string of the molecule is CC(C)(C)c1cccc(N)c1O.CC(C)(c1ccccc1)c1ccc(O)c(N)c1.N=C1C=CC=CC1=N.N=C1C=CC=CC1=N. The zero-order valence-corrected chi connectivity index (χ0v) is 26.5. The van der Waals surface area contributed by atoms with Crippen molar-refractivity contribution in [2.75, 3.05) is 11.5 Å². The van der Waals surface area contributed by atoms with Crippen molar-refractivity contribution < 1.29 is 10.2 Å². The Kier molecular flexibility index (Phi) is 12.5. The monoisotopic (exact) mass is 604 g/mol. The molecule has 0 unspecified atom stereocenters. The first kappa shape index (κ1) is 35.7. The van der Waals surface area contributed by atoms with Crippen LogP contribution in [0.5, 0.6) is 11.5 Å². The normalized spacial score (nSPS) is 13.6. The molecule has 3 aromatic rings. The van der Waals surface area contributed by atoms with Gasteiger partial charge in [0, 0.05) is 11.0 Å². The minimum atomic E-state index is -0.122. The van der Waals surface area contributed by atoms with E-state index in [0.29, 0.717) is 11.4 Å². The van der Waals surface area contributed by atoms with E-state index in [4.69, 9.17) is 33.1 Å². The van der Waals surface area contributed by atoms with Crippen molar-refractivity contribution in [2.45, 2.75) is 45.4 Å². The van der Waals surface area contributed by atoms with Gasteiger partial charge in [0.05, 0.1) is 34.2 Å². The largest absolute Gasteiger partial charge is 0.506 e. The number of anilines is 2. The molecule has 10 N–H and O–H groups in total. The molecule has 0 aliphatic heterocycles. The summed E-state index contributed by atoms with van der Waals surface area (Å²) in [5.41, 5.74) is 16.4. The third kappa shape index (κ3) is 10.6. The second kappa shape index (κ2) is 15.8. The number of nitrogens with one attached hydrogen (secondary N) is 4. The molecule has 2 aliphatic rings. The Balaban J connectivity index is 0.000000221. The lowest BCUT2D eigenvalue weighted by Crippen LogP contribution is -2.18. The van der Waals surface area contributed by atoms with E-state index in [1.807, 2.05) is 63.2 Å². The van der Waals surface area contributed by atoms with Crippen molar-refractivity contribution in [3.05, 3.63) is 132 Å². The molecule has 0 atom stereocenters. The van der Waals surface area contributed by atoms with Crippen molar-refractivity contribution in [2.24, 2.45) is 0 Å². The van der Waals surface area contributed by atoms with E-state index in [0.717, 1.165) is 11.1 Å². The molecular weight excluding hydrogens is 560 g/mol. The summed E-state index contributed by atoms with van der Waals surface area (Å²) in [5.74, 6) is 0.350. The molecule has 0 spiro atoms. The third-order valence-corrected chi connectivity index (χ3v) is 6.97. The number of hydrogen-bond donors (Lipinski definition) is 8. The minimum Gasteiger partial charge on any atom is -0.506 e. The fraction of sp³-hybridized carbons (Fsp3) is 0.189. The van der Waals surface area contributed by atoms with Gasteiger partial charge in [-0.15, -0.1) is 0 Å². The van der Waals surface area contributed by atoms with Gasteiger partial charge in [-0.1, -0.05) is 107 Å². The van der Waals surface area contributed by atoms with Crippen LogP contribution in [0.15, 0.2) is 115 Å². The van der Waals surface area contributed by atoms with Gasteiger partial charge in [-0.05, 0) is 59.0 Å². The van der Waals surface area contributed by atoms with E-state index in [2.05, 4.69) is 26.0 Å². The molecule has 0 radical (unpaired) electrons. The van der Waals surface area contributed by atoms with Gasteiger partial charge < -0.3 is 21.7 Å². The summed E-state index contributed by atoms with van der Waals surface area (Å²) in [6, 6.07) is 21.1. The number of rotatable bonds is 2. The highest BCUT2D eigenvalue weighted by molar-refractivity contribution is 6.49. The summed E-state index contributed by atoms with van der Waals surface area (Å²) in [6.45, 7) is 10.4. The molecule has 3 aromatic carbocycles. The molecule has 0 aromatic heterocycles. The van der Waals surface area contributed by atoms with E-state index >= 15 is 0 Å². The van der Waals surface area contributed by atoms with Crippen LogP contribution < -0.4 is 11.5 Å². The van der Waals surface area contributed by atoms with Gasteiger partial charge in [0.2, 0.25) is 0 Å². The van der Waals surface area contributed by atoms with Crippen LogP contribution >= 0.6 is 0 Å². The summed E-state index contributed by atoms with van der Waals surface area (Å²) in [6.07, 6.45) is 13.4. The van der Waals surface area contributed by atoms with Gasteiger partial charge in [-0.3, -0.25) is 21.6 Å². The van der Waals surface area contributed by atoms with Crippen molar-refractivity contribution in [1.82, 2.24) is 0 Å². The molecular formula is C37H44N6O2. The Hall–Kier alpha value is -5.50. The molecule has 0 heterocycles. The highest BCUT2D eigenvalue weighted by atomic mass is 16.3. The van der Waals surface area contributed by atoms with Crippen LogP contribution in [0.25, 0.3) is 0 Å². The Labute approximate surface area is 266 Å². The molecule has 8 nitrogen and oxygen atoms in total. The van der Waals surface area contributed by atoms with Gasteiger partial charge in [0.1, 0.15) is 11.5 Å². The molecule has 0 saturated carbocycles. The van der Waals surface area contributed by atoms with Crippen LogP contribution in [-0.2, 0) is 10.8 Å². The van der Waals surface area contributed by atoms with Crippen LogP contribution in [0.3, 0.4) is 0 Å². The second-order valence-electron chi connectivity index (χ2n) is 11.8. The number of nitrogen functional groups attached to an aromatic ring is 2. The fourth-order valence-electron chi connectivity index (χ4n) is 4.10. The fourth-order valence-corrected chi connectivity index (χ4v) is 4.10. The average molecular weight is 605 g/mol. The number of hydrogen-bond acceptors (Lipinski definition) is 8. The summed E-state index contributed by atoms with van der Waals surface area (Å²) in [7, 11) is 0. The number of aromatic hydroxyl groups is 2. The Morgan fingerprint density at radius 1 is 0.533 bits per heavy atom. The van der Waals surface area contributed by atoms with E-state index in [9.17, 15) is 10.2 Å². The first-order valence-electron chi connectivity index (χ1n) is 14.3. The zero-order valence-electron chi connectivity index (χ0n) is 26.5. The van der Waals surface area contributed by atoms with Crippen LogP contribution in [-0.4, -0.2) is 33.1 Å². The Morgan fingerprint density at radius 3 is 1.38 bits per heavy atom. The van der Waals surface area contributed by atoms with Crippen molar-refractivity contribution in [3.8, 4) is 11.5 Å². The van der Waals surface area contributed by atoms with Crippen LogP contribution in [0.1, 0.15) is 51.3 Å². The van der Waals surface area contributed by atoms with E-state index in [-0.39, 0.29) is 45.2 Å². The van der Waals surface area contributed by atoms with Crippen molar-refractivity contribution >= 4 is 34.2 Å². The van der Waals surface area contributed by atoms with E-state index < -0.39 is 0 Å². The topological polar surface area (TPSA) is 188 Å².